The highest BCUT2D eigenvalue weighted by atomic mass is 16.3. The standard InChI is InChI=1S/C15H19N3O2/c1-18-10-11(9-16-18)13-7-8-14(20-13)15(19)17-12-5-3-2-4-6-12/h7-10,12H,2-6H2,1H3,(H,17,19). The number of carbonyl (C=O) groups excluding carboxylic acids is 1. The Hall–Kier alpha value is -2.04. The fourth-order valence-electron chi connectivity index (χ4n) is 2.67. The van der Waals surface area contributed by atoms with Crippen molar-refractivity contribution in [3.63, 3.8) is 0 Å². The fourth-order valence-corrected chi connectivity index (χ4v) is 2.67. The smallest absolute Gasteiger partial charge is 0.287 e. The second kappa shape index (κ2) is 5.53. The van der Waals surface area contributed by atoms with E-state index in [-0.39, 0.29) is 5.91 Å². The fraction of sp³-hybridized carbons (Fsp3) is 0.467. The average Bonchev–Trinajstić information content (AvgIpc) is 3.08. The number of carbonyl (C=O) groups is 1. The molecule has 0 atom stereocenters. The Morgan fingerprint density at radius 1 is 1.35 bits per heavy atom. The zero-order valence-corrected chi connectivity index (χ0v) is 11.6. The predicted molar refractivity (Wildman–Crippen MR) is 75.2 cm³/mol. The van der Waals surface area contributed by atoms with Gasteiger partial charge in [0.1, 0.15) is 5.76 Å². The first kappa shape index (κ1) is 13.0. The van der Waals surface area contributed by atoms with Gasteiger partial charge in [0, 0.05) is 19.3 Å². The maximum atomic E-state index is 12.1. The number of hydrogen-bond donors (Lipinski definition) is 1. The second-order valence-electron chi connectivity index (χ2n) is 5.37. The molecule has 1 N–H and O–H groups in total. The van der Waals surface area contributed by atoms with Crippen LogP contribution >= 0.6 is 0 Å². The molecule has 0 spiro atoms. The van der Waals surface area contributed by atoms with Crippen molar-refractivity contribution in [1.29, 1.82) is 0 Å². The molecule has 1 aliphatic rings. The highest BCUT2D eigenvalue weighted by molar-refractivity contribution is 5.92. The van der Waals surface area contributed by atoms with E-state index in [2.05, 4.69) is 10.4 Å². The summed E-state index contributed by atoms with van der Waals surface area (Å²) in [7, 11) is 1.85. The van der Waals surface area contributed by atoms with E-state index < -0.39 is 0 Å². The van der Waals surface area contributed by atoms with Crippen LogP contribution in [0, 0.1) is 0 Å². The summed E-state index contributed by atoms with van der Waals surface area (Å²) < 4.78 is 7.33. The van der Waals surface area contributed by atoms with Gasteiger partial charge in [0.15, 0.2) is 5.76 Å². The molecule has 2 aromatic heterocycles. The molecule has 5 heteroatoms. The zero-order valence-electron chi connectivity index (χ0n) is 11.6. The summed E-state index contributed by atoms with van der Waals surface area (Å²) in [4.78, 5) is 12.1. The minimum absolute atomic E-state index is 0.118. The zero-order chi connectivity index (χ0) is 13.9. The summed E-state index contributed by atoms with van der Waals surface area (Å²) in [6, 6.07) is 3.83. The second-order valence-corrected chi connectivity index (χ2v) is 5.37. The van der Waals surface area contributed by atoms with Gasteiger partial charge in [-0.2, -0.15) is 5.10 Å². The van der Waals surface area contributed by atoms with Gasteiger partial charge in [-0.25, -0.2) is 0 Å². The third-order valence-corrected chi connectivity index (χ3v) is 3.76. The molecule has 1 fully saturated rings. The normalized spacial score (nSPS) is 16.2. The molecular formula is C15H19N3O2. The van der Waals surface area contributed by atoms with Crippen LogP contribution in [0.25, 0.3) is 11.3 Å². The lowest BCUT2D eigenvalue weighted by molar-refractivity contribution is 0.0900. The van der Waals surface area contributed by atoms with Crippen molar-refractivity contribution in [2.24, 2.45) is 7.05 Å². The number of furan rings is 1. The number of aryl methyl sites for hydroxylation is 1. The monoisotopic (exact) mass is 273 g/mol. The van der Waals surface area contributed by atoms with E-state index in [4.69, 9.17) is 4.42 Å². The van der Waals surface area contributed by atoms with Crippen molar-refractivity contribution in [3.05, 3.63) is 30.3 Å². The Bertz CT molecular complexity index is 594. The first-order chi connectivity index (χ1) is 9.72. The molecule has 0 aromatic carbocycles. The topological polar surface area (TPSA) is 60.1 Å². The molecule has 3 rings (SSSR count). The molecule has 1 aliphatic carbocycles. The SMILES string of the molecule is Cn1cc(-c2ccc(C(=O)NC3CCCCC3)o2)cn1. The van der Waals surface area contributed by atoms with Crippen LogP contribution in [0.4, 0.5) is 0 Å². The largest absolute Gasteiger partial charge is 0.451 e. The molecule has 0 bridgehead atoms. The van der Waals surface area contributed by atoms with Crippen molar-refractivity contribution >= 4 is 5.91 Å². The molecule has 106 valence electrons. The van der Waals surface area contributed by atoms with E-state index in [0.29, 0.717) is 17.6 Å². The molecule has 0 saturated heterocycles. The van der Waals surface area contributed by atoms with Crippen molar-refractivity contribution in [2.75, 3.05) is 0 Å². The average molecular weight is 273 g/mol. The van der Waals surface area contributed by atoms with Crippen LogP contribution in [0.5, 0.6) is 0 Å². The molecular weight excluding hydrogens is 254 g/mol. The lowest BCUT2D eigenvalue weighted by Gasteiger charge is -2.22. The first-order valence-corrected chi connectivity index (χ1v) is 7.12. The van der Waals surface area contributed by atoms with Crippen molar-refractivity contribution in [3.8, 4) is 11.3 Å². The highest BCUT2D eigenvalue weighted by Gasteiger charge is 2.19. The highest BCUT2D eigenvalue weighted by Crippen LogP contribution is 2.22. The molecule has 5 nitrogen and oxygen atoms in total. The van der Waals surface area contributed by atoms with Crippen molar-refractivity contribution in [2.45, 2.75) is 38.1 Å². The molecule has 0 aliphatic heterocycles. The Morgan fingerprint density at radius 3 is 2.85 bits per heavy atom. The maximum Gasteiger partial charge on any atom is 0.287 e. The van der Waals surface area contributed by atoms with Crippen LogP contribution < -0.4 is 5.32 Å². The molecule has 0 unspecified atom stereocenters. The van der Waals surface area contributed by atoms with E-state index in [9.17, 15) is 4.79 Å². The third-order valence-electron chi connectivity index (χ3n) is 3.76. The number of nitrogens with one attached hydrogen (secondary N) is 1. The Kier molecular flexibility index (Phi) is 3.58. The van der Waals surface area contributed by atoms with E-state index in [0.717, 1.165) is 18.4 Å². The van der Waals surface area contributed by atoms with Gasteiger partial charge in [0.2, 0.25) is 0 Å². The Labute approximate surface area is 118 Å². The van der Waals surface area contributed by atoms with E-state index in [1.165, 1.54) is 19.3 Å². The summed E-state index contributed by atoms with van der Waals surface area (Å²) in [6.07, 6.45) is 9.40. The van der Waals surface area contributed by atoms with Gasteiger partial charge < -0.3 is 9.73 Å². The maximum absolute atomic E-state index is 12.1. The molecule has 2 heterocycles. The molecule has 1 saturated carbocycles. The van der Waals surface area contributed by atoms with Crippen LogP contribution in [0.2, 0.25) is 0 Å². The van der Waals surface area contributed by atoms with Crippen LogP contribution in [0.1, 0.15) is 42.7 Å². The third kappa shape index (κ3) is 2.76. The van der Waals surface area contributed by atoms with Gasteiger partial charge in [0.05, 0.1) is 11.8 Å². The van der Waals surface area contributed by atoms with E-state index in [1.54, 1.807) is 16.9 Å². The summed E-state index contributed by atoms with van der Waals surface area (Å²) in [5.41, 5.74) is 0.879. The van der Waals surface area contributed by atoms with Gasteiger partial charge >= 0.3 is 0 Å². The molecule has 20 heavy (non-hydrogen) atoms. The summed E-state index contributed by atoms with van der Waals surface area (Å²) in [6.45, 7) is 0. The van der Waals surface area contributed by atoms with Gasteiger partial charge in [-0.15, -0.1) is 0 Å². The molecule has 0 radical (unpaired) electrons. The number of amides is 1. The van der Waals surface area contributed by atoms with Crippen molar-refractivity contribution < 1.29 is 9.21 Å². The van der Waals surface area contributed by atoms with Crippen molar-refractivity contribution in [1.82, 2.24) is 15.1 Å². The minimum atomic E-state index is -0.118. The van der Waals surface area contributed by atoms with Crippen LogP contribution in [0.15, 0.2) is 28.9 Å². The number of rotatable bonds is 3. The summed E-state index contributed by atoms with van der Waals surface area (Å²) in [5.74, 6) is 0.924. The lowest BCUT2D eigenvalue weighted by atomic mass is 9.95. The summed E-state index contributed by atoms with van der Waals surface area (Å²) >= 11 is 0. The number of aromatic nitrogens is 2. The predicted octanol–water partition coefficient (Wildman–Crippen LogP) is 2.74. The Morgan fingerprint density at radius 2 is 2.15 bits per heavy atom. The number of nitrogens with zero attached hydrogens (tertiary/aromatic N) is 2. The molecule has 1 amide bonds. The van der Waals surface area contributed by atoms with E-state index >= 15 is 0 Å². The molecule has 2 aromatic rings. The summed E-state index contributed by atoms with van der Waals surface area (Å²) in [5, 5.41) is 7.15. The van der Waals surface area contributed by atoms with Crippen LogP contribution in [-0.4, -0.2) is 21.7 Å². The van der Waals surface area contributed by atoms with Gasteiger partial charge in [-0.05, 0) is 25.0 Å². The Balaban J connectivity index is 1.68. The van der Waals surface area contributed by atoms with Gasteiger partial charge in [-0.1, -0.05) is 19.3 Å². The lowest BCUT2D eigenvalue weighted by Crippen LogP contribution is -2.35. The van der Waals surface area contributed by atoms with E-state index in [1.807, 2.05) is 19.3 Å². The quantitative estimate of drug-likeness (QED) is 0.935. The van der Waals surface area contributed by atoms with Crippen LogP contribution in [0.3, 0.4) is 0 Å². The number of hydrogen-bond acceptors (Lipinski definition) is 3. The van der Waals surface area contributed by atoms with Gasteiger partial charge in [-0.3, -0.25) is 9.48 Å². The minimum Gasteiger partial charge on any atom is -0.451 e. The first-order valence-electron chi connectivity index (χ1n) is 7.12. The van der Waals surface area contributed by atoms with Crippen LogP contribution in [-0.2, 0) is 7.05 Å². The van der Waals surface area contributed by atoms with Gasteiger partial charge in [0.25, 0.3) is 5.91 Å².